The SMILES string of the molecule is CN1CCN(NC(=O)C(=O)NC23CC4CC(CC(C4)C2)C3)CC1. The van der Waals surface area contributed by atoms with Crippen LogP contribution in [-0.4, -0.2) is 60.5 Å². The minimum Gasteiger partial charge on any atom is -0.342 e. The van der Waals surface area contributed by atoms with Gasteiger partial charge in [-0.3, -0.25) is 15.0 Å². The number of likely N-dealkylation sites (N-methyl/N-ethyl adjacent to an activating group) is 1. The number of carbonyl (C=O) groups excluding carboxylic acids is 2. The van der Waals surface area contributed by atoms with Crippen LogP contribution >= 0.6 is 0 Å². The van der Waals surface area contributed by atoms with E-state index >= 15 is 0 Å². The van der Waals surface area contributed by atoms with Crippen LogP contribution in [0.25, 0.3) is 0 Å². The van der Waals surface area contributed by atoms with Crippen LogP contribution in [0.2, 0.25) is 0 Å². The fourth-order valence-corrected chi connectivity index (χ4v) is 5.67. The van der Waals surface area contributed by atoms with Crippen molar-refractivity contribution in [1.82, 2.24) is 20.7 Å². The van der Waals surface area contributed by atoms with Crippen LogP contribution in [0.15, 0.2) is 0 Å². The number of hydrazine groups is 1. The zero-order chi connectivity index (χ0) is 16.0. The molecule has 6 heteroatoms. The second-order valence-electron chi connectivity index (χ2n) is 8.38. The first-order valence-corrected chi connectivity index (χ1v) is 9.08. The third-order valence-electron chi connectivity index (χ3n) is 6.39. The molecule has 1 saturated heterocycles. The molecule has 2 amide bonds. The summed E-state index contributed by atoms with van der Waals surface area (Å²) in [5.74, 6) is 1.36. The second kappa shape index (κ2) is 5.74. The lowest BCUT2D eigenvalue weighted by Crippen LogP contribution is -2.63. The Morgan fingerprint density at radius 2 is 1.39 bits per heavy atom. The summed E-state index contributed by atoms with van der Waals surface area (Å²) in [6.07, 6.45) is 7.24. The monoisotopic (exact) mass is 320 g/mol. The number of hydrogen-bond donors (Lipinski definition) is 2. The molecule has 0 aromatic carbocycles. The van der Waals surface area contributed by atoms with E-state index in [9.17, 15) is 9.59 Å². The predicted octanol–water partition coefficient (Wildman–Crippen LogP) is 0.350. The summed E-state index contributed by atoms with van der Waals surface area (Å²) in [5, 5.41) is 5.00. The van der Waals surface area contributed by atoms with Gasteiger partial charge in [0.1, 0.15) is 0 Å². The van der Waals surface area contributed by atoms with Gasteiger partial charge in [-0.05, 0) is 63.3 Å². The summed E-state index contributed by atoms with van der Waals surface area (Å²) < 4.78 is 0. The van der Waals surface area contributed by atoms with Crippen LogP contribution in [0.1, 0.15) is 38.5 Å². The minimum absolute atomic E-state index is 0.0920. The lowest BCUT2D eigenvalue weighted by Gasteiger charge is -2.56. The minimum atomic E-state index is -0.495. The van der Waals surface area contributed by atoms with Crippen molar-refractivity contribution in [3.05, 3.63) is 0 Å². The summed E-state index contributed by atoms with van der Waals surface area (Å²) in [7, 11) is 2.07. The number of carbonyl (C=O) groups is 2. The maximum absolute atomic E-state index is 12.4. The Kier molecular flexibility index (Phi) is 3.84. The van der Waals surface area contributed by atoms with Crippen molar-refractivity contribution >= 4 is 11.8 Å². The average Bonchev–Trinajstić information content (AvgIpc) is 2.47. The van der Waals surface area contributed by atoms with E-state index < -0.39 is 11.8 Å². The molecule has 0 atom stereocenters. The van der Waals surface area contributed by atoms with E-state index in [1.807, 2.05) is 5.01 Å². The largest absolute Gasteiger partial charge is 0.342 e. The van der Waals surface area contributed by atoms with Crippen LogP contribution < -0.4 is 10.7 Å². The summed E-state index contributed by atoms with van der Waals surface area (Å²) in [4.78, 5) is 26.9. The zero-order valence-electron chi connectivity index (χ0n) is 14.0. The van der Waals surface area contributed by atoms with Crippen molar-refractivity contribution in [2.45, 2.75) is 44.1 Å². The van der Waals surface area contributed by atoms with Gasteiger partial charge in [-0.15, -0.1) is 0 Å². The van der Waals surface area contributed by atoms with Gasteiger partial charge in [0.2, 0.25) is 0 Å². The molecule has 0 spiro atoms. The zero-order valence-corrected chi connectivity index (χ0v) is 14.0. The van der Waals surface area contributed by atoms with Gasteiger partial charge in [-0.2, -0.15) is 0 Å². The first-order chi connectivity index (χ1) is 11.0. The van der Waals surface area contributed by atoms with Crippen molar-refractivity contribution in [1.29, 1.82) is 0 Å². The molecule has 1 heterocycles. The van der Waals surface area contributed by atoms with Crippen LogP contribution in [-0.2, 0) is 9.59 Å². The smallest absolute Gasteiger partial charge is 0.323 e. The maximum atomic E-state index is 12.4. The first-order valence-electron chi connectivity index (χ1n) is 9.08. The van der Waals surface area contributed by atoms with Gasteiger partial charge in [0.05, 0.1) is 0 Å². The van der Waals surface area contributed by atoms with E-state index in [0.717, 1.165) is 63.2 Å². The second-order valence-corrected chi connectivity index (χ2v) is 8.38. The Hall–Kier alpha value is -1.14. The average molecular weight is 320 g/mol. The number of nitrogens with one attached hydrogen (secondary N) is 2. The molecular formula is C17H28N4O2. The molecule has 2 N–H and O–H groups in total. The Morgan fingerprint density at radius 1 is 0.870 bits per heavy atom. The van der Waals surface area contributed by atoms with Crippen molar-refractivity contribution in [2.75, 3.05) is 33.2 Å². The molecule has 4 saturated carbocycles. The molecule has 4 bridgehead atoms. The highest BCUT2D eigenvalue weighted by Crippen LogP contribution is 2.55. The van der Waals surface area contributed by atoms with Crippen LogP contribution in [0.4, 0.5) is 0 Å². The molecule has 0 radical (unpaired) electrons. The number of piperazine rings is 1. The van der Waals surface area contributed by atoms with Crippen LogP contribution in [0.5, 0.6) is 0 Å². The number of amides is 2. The van der Waals surface area contributed by atoms with E-state index in [0.29, 0.717) is 0 Å². The third-order valence-corrected chi connectivity index (χ3v) is 6.39. The van der Waals surface area contributed by atoms with Gasteiger partial charge in [0.25, 0.3) is 0 Å². The number of hydrogen-bond acceptors (Lipinski definition) is 4. The summed E-state index contributed by atoms with van der Waals surface area (Å²) in [5.41, 5.74) is 2.69. The van der Waals surface area contributed by atoms with E-state index in [1.54, 1.807) is 0 Å². The third kappa shape index (κ3) is 3.11. The molecule has 0 aromatic heterocycles. The van der Waals surface area contributed by atoms with Crippen LogP contribution in [0.3, 0.4) is 0 Å². The van der Waals surface area contributed by atoms with Crippen molar-refractivity contribution in [3.8, 4) is 0 Å². The molecule has 0 aromatic rings. The van der Waals surface area contributed by atoms with E-state index in [-0.39, 0.29) is 5.54 Å². The topological polar surface area (TPSA) is 64.7 Å². The summed E-state index contributed by atoms with van der Waals surface area (Å²) in [6, 6.07) is 0. The number of rotatable bonds is 2. The molecule has 5 aliphatic rings. The fraction of sp³-hybridized carbons (Fsp3) is 0.882. The Balaban J connectivity index is 1.33. The molecule has 5 rings (SSSR count). The Bertz CT molecular complexity index is 464. The highest BCUT2D eigenvalue weighted by Gasteiger charge is 2.51. The standard InChI is InChI=1S/C17H28N4O2/c1-20-2-4-21(5-3-20)19-16(23)15(22)18-17-9-12-6-13(10-17)8-14(7-12)11-17/h12-14H,2-11H2,1H3,(H,18,22)(H,19,23). The van der Waals surface area contributed by atoms with Gasteiger partial charge >= 0.3 is 11.8 Å². The van der Waals surface area contributed by atoms with Gasteiger partial charge in [0, 0.05) is 31.7 Å². The molecule has 0 unspecified atom stereocenters. The fourth-order valence-electron chi connectivity index (χ4n) is 5.67. The highest BCUT2D eigenvalue weighted by atomic mass is 16.2. The van der Waals surface area contributed by atoms with Crippen molar-refractivity contribution in [2.24, 2.45) is 17.8 Å². The van der Waals surface area contributed by atoms with Gasteiger partial charge in [0.15, 0.2) is 0 Å². The van der Waals surface area contributed by atoms with Crippen LogP contribution in [0, 0.1) is 17.8 Å². The van der Waals surface area contributed by atoms with Crippen molar-refractivity contribution in [3.63, 3.8) is 0 Å². The highest BCUT2D eigenvalue weighted by molar-refractivity contribution is 6.35. The Morgan fingerprint density at radius 3 is 1.91 bits per heavy atom. The number of nitrogens with zero attached hydrogens (tertiary/aromatic N) is 2. The molecule has 5 fully saturated rings. The summed E-state index contributed by atoms with van der Waals surface area (Å²) >= 11 is 0. The van der Waals surface area contributed by atoms with E-state index in [1.165, 1.54) is 19.3 Å². The first kappa shape index (κ1) is 15.4. The lowest BCUT2D eigenvalue weighted by molar-refractivity contribution is -0.145. The Labute approximate surface area is 137 Å². The van der Waals surface area contributed by atoms with E-state index in [2.05, 4.69) is 22.7 Å². The predicted molar refractivity (Wildman–Crippen MR) is 86.3 cm³/mol. The molecule has 4 aliphatic carbocycles. The van der Waals surface area contributed by atoms with E-state index in [4.69, 9.17) is 0 Å². The van der Waals surface area contributed by atoms with Gasteiger partial charge < -0.3 is 10.2 Å². The summed E-state index contributed by atoms with van der Waals surface area (Å²) in [6.45, 7) is 3.37. The molecular weight excluding hydrogens is 292 g/mol. The molecule has 6 nitrogen and oxygen atoms in total. The normalized spacial score (nSPS) is 40.1. The molecule has 23 heavy (non-hydrogen) atoms. The molecule has 128 valence electrons. The quantitative estimate of drug-likeness (QED) is 0.721. The van der Waals surface area contributed by atoms with Gasteiger partial charge in [-0.1, -0.05) is 0 Å². The maximum Gasteiger partial charge on any atom is 0.323 e. The molecule has 1 aliphatic heterocycles. The van der Waals surface area contributed by atoms with Gasteiger partial charge in [-0.25, -0.2) is 5.01 Å². The van der Waals surface area contributed by atoms with Crippen molar-refractivity contribution < 1.29 is 9.59 Å². The lowest BCUT2D eigenvalue weighted by atomic mass is 9.53.